The third-order valence-corrected chi connectivity index (χ3v) is 3.40. The lowest BCUT2D eigenvalue weighted by atomic mass is 10.2. The zero-order valence-corrected chi connectivity index (χ0v) is 11.2. The minimum absolute atomic E-state index is 0.648. The molecule has 0 unspecified atom stereocenters. The Kier molecular flexibility index (Phi) is 4.41. The van der Waals surface area contributed by atoms with Crippen molar-refractivity contribution in [1.29, 1.82) is 5.26 Å². The highest BCUT2D eigenvalue weighted by Crippen LogP contribution is 2.28. The molecule has 0 saturated heterocycles. The first kappa shape index (κ1) is 12.4. The molecule has 0 atom stereocenters. The first-order valence-corrected chi connectivity index (χ1v) is 6.61. The number of nitrogens with one attached hydrogen (secondary N) is 1. The van der Waals surface area contributed by atoms with Crippen LogP contribution in [0.25, 0.3) is 0 Å². The highest BCUT2D eigenvalue weighted by molar-refractivity contribution is 9.10. The van der Waals surface area contributed by atoms with Crippen molar-refractivity contribution in [3.63, 3.8) is 0 Å². The van der Waals surface area contributed by atoms with Crippen molar-refractivity contribution in [1.82, 2.24) is 0 Å². The largest absolute Gasteiger partial charge is 0.382 e. The van der Waals surface area contributed by atoms with E-state index in [-0.39, 0.29) is 0 Å². The fraction of sp³-hybridized carbons (Fsp3) is 0.462. The molecular weight excluding hydrogens is 280 g/mol. The summed E-state index contributed by atoms with van der Waals surface area (Å²) in [6.07, 6.45) is 2.63. The van der Waals surface area contributed by atoms with Gasteiger partial charge in [-0.3, -0.25) is 0 Å². The van der Waals surface area contributed by atoms with Crippen LogP contribution in [0.4, 0.5) is 5.69 Å². The fourth-order valence-corrected chi connectivity index (χ4v) is 2.03. The van der Waals surface area contributed by atoms with Crippen LogP contribution in [-0.2, 0) is 4.74 Å². The number of benzene rings is 1. The lowest BCUT2D eigenvalue weighted by Crippen LogP contribution is -2.11. The summed E-state index contributed by atoms with van der Waals surface area (Å²) in [6, 6.07) is 7.87. The molecule has 0 aliphatic heterocycles. The van der Waals surface area contributed by atoms with E-state index in [0.29, 0.717) is 12.2 Å². The number of anilines is 1. The lowest BCUT2D eigenvalue weighted by molar-refractivity contribution is 0.134. The van der Waals surface area contributed by atoms with Crippen LogP contribution in [0.2, 0.25) is 0 Å². The summed E-state index contributed by atoms with van der Waals surface area (Å²) in [5.74, 6) is 0.801. The van der Waals surface area contributed by atoms with Crippen LogP contribution in [0.1, 0.15) is 18.4 Å². The molecule has 0 bridgehead atoms. The predicted octanol–water partition coefficient (Wildman–Crippen LogP) is 3.16. The van der Waals surface area contributed by atoms with E-state index in [1.54, 1.807) is 0 Å². The maximum Gasteiger partial charge on any atom is 0.103 e. The zero-order valence-electron chi connectivity index (χ0n) is 9.58. The van der Waals surface area contributed by atoms with Gasteiger partial charge in [-0.25, -0.2) is 0 Å². The summed E-state index contributed by atoms with van der Waals surface area (Å²) in [5, 5.41) is 12.3. The molecule has 0 heterocycles. The van der Waals surface area contributed by atoms with Gasteiger partial charge in [-0.1, -0.05) is 6.07 Å². The van der Waals surface area contributed by atoms with Gasteiger partial charge in [-0.2, -0.15) is 5.26 Å². The van der Waals surface area contributed by atoms with Gasteiger partial charge in [0.2, 0.25) is 0 Å². The Morgan fingerprint density at radius 2 is 2.29 bits per heavy atom. The molecule has 2 rings (SSSR count). The van der Waals surface area contributed by atoms with Crippen LogP contribution >= 0.6 is 15.9 Å². The molecule has 1 fully saturated rings. The Hall–Kier alpha value is -1.05. The van der Waals surface area contributed by atoms with E-state index in [2.05, 4.69) is 27.3 Å². The van der Waals surface area contributed by atoms with Gasteiger partial charge in [0, 0.05) is 17.6 Å². The molecule has 1 aromatic carbocycles. The molecule has 0 amide bonds. The Morgan fingerprint density at radius 1 is 1.47 bits per heavy atom. The van der Waals surface area contributed by atoms with Crippen LogP contribution in [0.5, 0.6) is 0 Å². The van der Waals surface area contributed by atoms with Gasteiger partial charge in [0.1, 0.15) is 6.07 Å². The summed E-state index contributed by atoms with van der Waals surface area (Å²) in [4.78, 5) is 0. The van der Waals surface area contributed by atoms with Crippen LogP contribution in [0.15, 0.2) is 22.7 Å². The minimum atomic E-state index is 0.648. The quantitative estimate of drug-likeness (QED) is 0.820. The Balaban J connectivity index is 1.77. The molecule has 4 heteroatoms. The maximum absolute atomic E-state index is 9.03. The SMILES string of the molecule is N#Cc1c(Br)cccc1NCCOCC1CC1. The molecule has 0 aromatic heterocycles. The summed E-state index contributed by atoms with van der Waals surface area (Å²) < 4.78 is 6.35. The minimum Gasteiger partial charge on any atom is -0.382 e. The van der Waals surface area contributed by atoms with Gasteiger partial charge in [0.05, 0.1) is 17.9 Å². The fourth-order valence-electron chi connectivity index (χ4n) is 1.58. The van der Waals surface area contributed by atoms with Crippen molar-refractivity contribution >= 4 is 21.6 Å². The van der Waals surface area contributed by atoms with Gasteiger partial charge < -0.3 is 10.1 Å². The average Bonchev–Trinajstić information content (AvgIpc) is 3.13. The van der Waals surface area contributed by atoms with Crippen LogP contribution in [0.3, 0.4) is 0 Å². The number of hydrogen-bond donors (Lipinski definition) is 1. The van der Waals surface area contributed by atoms with Crippen LogP contribution in [0, 0.1) is 17.2 Å². The molecule has 0 spiro atoms. The predicted molar refractivity (Wildman–Crippen MR) is 70.9 cm³/mol. The van der Waals surface area contributed by atoms with Crippen molar-refractivity contribution in [2.24, 2.45) is 5.92 Å². The molecule has 1 aliphatic carbocycles. The Labute approximate surface area is 110 Å². The van der Waals surface area contributed by atoms with E-state index >= 15 is 0 Å². The third kappa shape index (κ3) is 3.72. The molecule has 1 aromatic rings. The number of nitriles is 1. The Bertz CT molecular complexity index is 424. The average molecular weight is 295 g/mol. The molecule has 1 aliphatic rings. The number of ether oxygens (including phenoxy) is 1. The van der Waals surface area contributed by atoms with Crippen molar-refractivity contribution in [3.8, 4) is 6.07 Å². The highest BCUT2D eigenvalue weighted by Gasteiger charge is 2.20. The summed E-state index contributed by atoms with van der Waals surface area (Å²) in [7, 11) is 0. The standard InChI is InChI=1S/C13H15BrN2O/c14-12-2-1-3-13(11(12)8-15)16-6-7-17-9-10-4-5-10/h1-3,10,16H,4-7,9H2. The maximum atomic E-state index is 9.03. The second-order valence-electron chi connectivity index (χ2n) is 4.22. The first-order chi connectivity index (χ1) is 8.31. The van der Waals surface area contributed by atoms with Gasteiger partial charge in [-0.05, 0) is 46.8 Å². The van der Waals surface area contributed by atoms with Crippen molar-refractivity contribution < 1.29 is 4.74 Å². The van der Waals surface area contributed by atoms with E-state index in [4.69, 9.17) is 10.00 Å². The van der Waals surface area contributed by atoms with E-state index < -0.39 is 0 Å². The van der Waals surface area contributed by atoms with Gasteiger partial charge in [-0.15, -0.1) is 0 Å². The molecular formula is C13H15BrN2O. The normalized spacial score (nSPS) is 14.4. The van der Waals surface area contributed by atoms with Gasteiger partial charge >= 0.3 is 0 Å². The number of nitrogens with zero attached hydrogens (tertiary/aromatic N) is 1. The van der Waals surface area contributed by atoms with E-state index in [1.807, 2.05) is 18.2 Å². The number of hydrogen-bond acceptors (Lipinski definition) is 3. The topological polar surface area (TPSA) is 45.0 Å². The number of rotatable bonds is 6. The van der Waals surface area contributed by atoms with Crippen LogP contribution in [-0.4, -0.2) is 19.8 Å². The summed E-state index contributed by atoms with van der Waals surface area (Å²) in [5.41, 5.74) is 1.51. The summed E-state index contributed by atoms with van der Waals surface area (Å²) in [6.45, 7) is 2.30. The van der Waals surface area contributed by atoms with Crippen molar-refractivity contribution in [2.45, 2.75) is 12.8 Å². The summed E-state index contributed by atoms with van der Waals surface area (Å²) >= 11 is 3.36. The molecule has 3 nitrogen and oxygen atoms in total. The molecule has 0 radical (unpaired) electrons. The first-order valence-electron chi connectivity index (χ1n) is 5.81. The van der Waals surface area contributed by atoms with E-state index in [9.17, 15) is 0 Å². The number of halogens is 1. The van der Waals surface area contributed by atoms with Gasteiger partial charge in [0.15, 0.2) is 0 Å². The van der Waals surface area contributed by atoms with E-state index in [1.165, 1.54) is 12.8 Å². The smallest absolute Gasteiger partial charge is 0.103 e. The zero-order chi connectivity index (χ0) is 12.1. The monoisotopic (exact) mass is 294 g/mol. The second-order valence-corrected chi connectivity index (χ2v) is 5.07. The van der Waals surface area contributed by atoms with E-state index in [0.717, 1.165) is 29.2 Å². The highest BCUT2D eigenvalue weighted by atomic mass is 79.9. The lowest BCUT2D eigenvalue weighted by Gasteiger charge is -2.09. The molecule has 17 heavy (non-hydrogen) atoms. The second kappa shape index (κ2) is 6.04. The molecule has 1 saturated carbocycles. The van der Waals surface area contributed by atoms with Gasteiger partial charge in [0.25, 0.3) is 0 Å². The third-order valence-electron chi connectivity index (χ3n) is 2.74. The van der Waals surface area contributed by atoms with Crippen molar-refractivity contribution in [3.05, 3.63) is 28.2 Å². The molecule has 90 valence electrons. The van der Waals surface area contributed by atoms with Crippen molar-refractivity contribution in [2.75, 3.05) is 25.1 Å². The van der Waals surface area contributed by atoms with Crippen LogP contribution < -0.4 is 5.32 Å². The Morgan fingerprint density at radius 3 is 3.00 bits per heavy atom. The molecule has 1 N–H and O–H groups in total.